The van der Waals surface area contributed by atoms with Crippen LogP contribution in [0.25, 0.3) is 0 Å². The number of halogens is 3. The third kappa shape index (κ3) is 9.27. The summed E-state index contributed by atoms with van der Waals surface area (Å²) in [5, 5.41) is 4.54. The summed E-state index contributed by atoms with van der Waals surface area (Å²) in [4.78, 5) is 11.0. The van der Waals surface area contributed by atoms with E-state index in [-0.39, 0.29) is 12.6 Å². The summed E-state index contributed by atoms with van der Waals surface area (Å²) in [6.45, 7) is 3.75. The number of rotatable bonds is 6. The van der Waals surface area contributed by atoms with Gasteiger partial charge in [-0.25, -0.2) is 0 Å². The summed E-state index contributed by atoms with van der Waals surface area (Å²) >= 11 is 0. The fourth-order valence-electron chi connectivity index (χ4n) is 0.953. The summed E-state index contributed by atoms with van der Waals surface area (Å²) in [7, 11) is 0. The average molecular weight is 224 g/mol. The molecule has 0 fully saturated rings. The van der Waals surface area contributed by atoms with Gasteiger partial charge in [-0.3, -0.25) is 4.79 Å². The SMILES string of the molecule is C=CCC(C)NC(=O)CNCC(F)(F)F. The number of alkyl halides is 3. The second-order valence-corrected chi connectivity index (χ2v) is 3.21. The standard InChI is InChI=1S/C9H15F3N2O/c1-3-4-7(2)14-8(15)5-13-6-9(10,11)12/h3,7,13H,1,4-6H2,2H3,(H,14,15). The van der Waals surface area contributed by atoms with Crippen molar-refractivity contribution in [3.05, 3.63) is 12.7 Å². The van der Waals surface area contributed by atoms with Gasteiger partial charge < -0.3 is 10.6 Å². The van der Waals surface area contributed by atoms with Crippen LogP contribution in [0.2, 0.25) is 0 Å². The molecule has 15 heavy (non-hydrogen) atoms. The molecule has 0 aromatic carbocycles. The molecule has 0 aromatic heterocycles. The zero-order chi connectivity index (χ0) is 11.9. The van der Waals surface area contributed by atoms with Crippen molar-refractivity contribution in [2.75, 3.05) is 13.1 Å². The Hall–Kier alpha value is -1.04. The highest BCUT2D eigenvalue weighted by molar-refractivity contribution is 5.78. The fourth-order valence-corrected chi connectivity index (χ4v) is 0.953. The molecule has 0 spiro atoms. The molecule has 6 heteroatoms. The van der Waals surface area contributed by atoms with Crippen molar-refractivity contribution in [2.24, 2.45) is 0 Å². The number of carbonyl (C=O) groups excluding carboxylic acids is 1. The monoisotopic (exact) mass is 224 g/mol. The van der Waals surface area contributed by atoms with Crippen molar-refractivity contribution in [1.29, 1.82) is 0 Å². The molecule has 0 saturated heterocycles. The van der Waals surface area contributed by atoms with Gasteiger partial charge in [0.25, 0.3) is 0 Å². The van der Waals surface area contributed by atoms with Crippen molar-refractivity contribution < 1.29 is 18.0 Å². The lowest BCUT2D eigenvalue weighted by Gasteiger charge is -2.12. The maximum atomic E-state index is 11.7. The highest BCUT2D eigenvalue weighted by atomic mass is 19.4. The molecule has 88 valence electrons. The predicted molar refractivity (Wildman–Crippen MR) is 51.3 cm³/mol. The van der Waals surface area contributed by atoms with Crippen LogP contribution in [0.4, 0.5) is 13.2 Å². The first-order valence-electron chi connectivity index (χ1n) is 4.53. The maximum Gasteiger partial charge on any atom is 0.401 e. The average Bonchev–Trinajstić information content (AvgIpc) is 2.01. The first kappa shape index (κ1) is 14.0. The third-order valence-corrected chi connectivity index (χ3v) is 1.54. The quantitative estimate of drug-likeness (QED) is 0.666. The number of amides is 1. The van der Waals surface area contributed by atoms with Crippen molar-refractivity contribution in [3.63, 3.8) is 0 Å². The normalized spacial score (nSPS) is 13.3. The Kier molecular flexibility index (Phi) is 6.00. The number of hydrogen-bond donors (Lipinski definition) is 2. The molecule has 3 nitrogen and oxygen atoms in total. The van der Waals surface area contributed by atoms with Gasteiger partial charge >= 0.3 is 6.18 Å². The van der Waals surface area contributed by atoms with E-state index >= 15 is 0 Å². The lowest BCUT2D eigenvalue weighted by atomic mass is 10.2. The molecule has 0 aliphatic rings. The van der Waals surface area contributed by atoms with Crippen LogP contribution in [0.5, 0.6) is 0 Å². The minimum atomic E-state index is -4.28. The molecule has 0 bridgehead atoms. The molecule has 1 atom stereocenters. The van der Waals surface area contributed by atoms with Gasteiger partial charge in [-0.1, -0.05) is 6.08 Å². The first-order chi connectivity index (χ1) is 6.85. The van der Waals surface area contributed by atoms with Crippen LogP contribution in [0, 0.1) is 0 Å². The molecule has 1 unspecified atom stereocenters. The van der Waals surface area contributed by atoms with E-state index in [9.17, 15) is 18.0 Å². The Morgan fingerprint density at radius 2 is 2.13 bits per heavy atom. The zero-order valence-corrected chi connectivity index (χ0v) is 8.53. The molecular formula is C9H15F3N2O. The zero-order valence-electron chi connectivity index (χ0n) is 8.53. The minimum Gasteiger partial charge on any atom is -0.352 e. The van der Waals surface area contributed by atoms with Gasteiger partial charge in [-0.05, 0) is 13.3 Å². The highest BCUT2D eigenvalue weighted by Crippen LogP contribution is 2.11. The lowest BCUT2D eigenvalue weighted by molar-refractivity contribution is -0.128. The van der Waals surface area contributed by atoms with E-state index in [1.165, 1.54) is 0 Å². The van der Waals surface area contributed by atoms with E-state index in [0.29, 0.717) is 6.42 Å². The first-order valence-corrected chi connectivity index (χ1v) is 4.53. The molecule has 0 aromatic rings. The van der Waals surface area contributed by atoms with Gasteiger partial charge in [0.1, 0.15) is 0 Å². The Bertz CT molecular complexity index is 216. The Morgan fingerprint density at radius 1 is 1.53 bits per heavy atom. The summed E-state index contributed by atoms with van der Waals surface area (Å²) in [5.74, 6) is -0.450. The Balaban J connectivity index is 3.62. The smallest absolute Gasteiger partial charge is 0.352 e. The molecule has 0 radical (unpaired) electrons. The lowest BCUT2D eigenvalue weighted by Crippen LogP contribution is -2.41. The molecule has 0 saturated carbocycles. The van der Waals surface area contributed by atoms with Crippen LogP contribution in [0.15, 0.2) is 12.7 Å². The number of carbonyl (C=O) groups is 1. The molecule has 0 rings (SSSR count). The van der Waals surface area contributed by atoms with Crippen LogP contribution in [0.3, 0.4) is 0 Å². The van der Waals surface area contributed by atoms with Gasteiger partial charge in [0, 0.05) is 6.04 Å². The van der Waals surface area contributed by atoms with Crippen LogP contribution < -0.4 is 10.6 Å². The number of hydrogen-bond acceptors (Lipinski definition) is 2. The largest absolute Gasteiger partial charge is 0.401 e. The summed E-state index contributed by atoms with van der Waals surface area (Å²) in [5.41, 5.74) is 0. The van der Waals surface area contributed by atoms with E-state index in [1.54, 1.807) is 13.0 Å². The highest BCUT2D eigenvalue weighted by Gasteiger charge is 2.26. The fraction of sp³-hybridized carbons (Fsp3) is 0.667. The van der Waals surface area contributed by atoms with Gasteiger partial charge in [-0.15, -0.1) is 6.58 Å². The topological polar surface area (TPSA) is 41.1 Å². The molecule has 0 heterocycles. The second-order valence-electron chi connectivity index (χ2n) is 3.21. The molecule has 0 aliphatic carbocycles. The van der Waals surface area contributed by atoms with E-state index in [2.05, 4.69) is 11.9 Å². The van der Waals surface area contributed by atoms with Crippen LogP contribution in [-0.2, 0) is 4.79 Å². The van der Waals surface area contributed by atoms with Crippen molar-refractivity contribution >= 4 is 5.91 Å². The Labute approximate surface area is 86.7 Å². The van der Waals surface area contributed by atoms with Crippen LogP contribution in [-0.4, -0.2) is 31.2 Å². The number of nitrogens with one attached hydrogen (secondary N) is 2. The van der Waals surface area contributed by atoms with Crippen molar-refractivity contribution in [1.82, 2.24) is 10.6 Å². The maximum absolute atomic E-state index is 11.7. The third-order valence-electron chi connectivity index (χ3n) is 1.54. The van der Waals surface area contributed by atoms with E-state index in [1.807, 2.05) is 5.32 Å². The van der Waals surface area contributed by atoms with Gasteiger partial charge in [-0.2, -0.15) is 13.2 Å². The molecule has 0 aliphatic heterocycles. The van der Waals surface area contributed by atoms with Crippen LogP contribution in [0.1, 0.15) is 13.3 Å². The molecule has 1 amide bonds. The van der Waals surface area contributed by atoms with Crippen molar-refractivity contribution in [3.8, 4) is 0 Å². The van der Waals surface area contributed by atoms with Gasteiger partial charge in [0.05, 0.1) is 13.1 Å². The van der Waals surface area contributed by atoms with Crippen molar-refractivity contribution in [2.45, 2.75) is 25.6 Å². The van der Waals surface area contributed by atoms with E-state index in [4.69, 9.17) is 0 Å². The summed E-state index contributed by atoms with van der Waals surface area (Å²) in [6, 6.07) is -0.109. The van der Waals surface area contributed by atoms with E-state index < -0.39 is 18.6 Å². The van der Waals surface area contributed by atoms with Gasteiger partial charge in [0.2, 0.25) is 5.91 Å². The molecule has 2 N–H and O–H groups in total. The second kappa shape index (κ2) is 6.44. The Morgan fingerprint density at radius 3 is 2.60 bits per heavy atom. The van der Waals surface area contributed by atoms with E-state index in [0.717, 1.165) is 0 Å². The van der Waals surface area contributed by atoms with Gasteiger partial charge in [0.15, 0.2) is 0 Å². The van der Waals surface area contributed by atoms with Crippen LogP contribution >= 0.6 is 0 Å². The predicted octanol–water partition coefficient (Wildman–Crippen LogP) is 1.22. The summed E-state index contributed by atoms with van der Waals surface area (Å²) < 4.78 is 35.0. The summed E-state index contributed by atoms with van der Waals surface area (Å²) in [6.07, 6.45) is -2.06. The molecular weight excluding hydrogens is 209 g/mol. The minimum absolute atomic E-state index is 0.109.